The van der Waals surface area contributed by atoms with Crippen LogP contribution in [-0.2, 0) is 4.79 Å². The van der Waals surface area contributed by atoms with Crippen molar-refractivity contribution in [3.63, 3.8) is 0 Å². The molecular formula is C16H15N3O4S. The third-order valence-corrected chi connectivity index (χ3v) is 3.99. The number of furan rings is 1. The molecule has 0 atom stereocenters. The number of aryl methyl sites for hydroxylation is 1. The molecule has 1 aromatic carbocycles. The molecule has 3 rings (SSSR count). The number of anilines is 1. The molecule has 0 radical (unpaired) electrons. The molecule has 2 aromatic heterocycles. The van der Waals surface area contributed by atoms with E-state index in [0.29, 0.717) is 28.3 Å². The van der Waals surface area contributed by atoms with Crippen molar-refractivity contribution in [2.75, 3.05) is 18.2 Å². The molecule has 24 heavy (non-hydrogen) atoms. The van der Waals surface area contributed by atoms with Crippen molar-refractivity contribution >= 4 is 23.4 Å². The van der Waals surface area contributed by atoms with Gasteiger partial charge in [-0.1, -0.05) is 17.8 Å². The molecular weight excluding hydrogens is 330 g/mol. The van der Waals surface area contributed by atoms with E-state index in [1.165, 1.54) is 11.8 Å². The number of rotatable bonds is 6. The number of amides is 1. The van der Waals surface area contributed by atoms with Gasteiger partial charge < -0.3 is 18.9 Å². The predicted molar refractivity (Wildman–Crippen MR) is 89.1 cm³/mol. The smallest absolute Gasteiger partial charge is 0.277 e. The molecule has 1 amide bonds. The Labute approximate surface area is 142 Å². The molecule has 0 saturated heterocycles. The van der Waals surface area contributed by atoms with Gasteiger partial charge in [-0.3, -0.25) is 4.79 Å². The molecule has 7 nitrogen and oxygen atoms in total. The second kappa shape index (κ2) is 7.22. The number of carbonyl (C=O) groups excluding carboxylic acids is 1. The fourth-order valence-electron chi connectivity index (χ4n) is 2.01. The number of hydrogen-bond acceptors (Lipinski definition) is 7. The number of carbonyl (C=O) groups is 1. The highest BCUT2D eigenvalue weighted by molar-refractivity contribution is 7.99. The standard InChI is InChI=1S/C16H15N3O4S/c1-10-13(6-7-22-10)15-18-19-16(23-15)24-9-14(20)17-11-4-3-5-12(8-11)21-2/h3-8H,9H2,1-2H3,(H,17,20). The molecule has 0 aliphatic rings. The molecule has 2 heterocycles. The average molecular weight is 345 g/mol. The monoisotopic (exact) mass is 345 g/mol. The van der Waals surface area contributed by atoms with Crippen molar-refractivity contribution in [1.82, 2.24) is 10.2 Å². The van der Waals surface area contributed by atoms with Crippen molar-refractivity contribution < 1.29 is 18.4 Å². The first kappa shape index (κ1) is 16.1. The van der Waals surface area contributed by atoms with Crippen LogP contribution in [0.3, 0.4) is 0 Å². The normalized spacial score (nSPS) is 10.6. The number of methoxy groups -OCH3 is 1. The zero-order chi connectivity index (χ0) is 16.9. The predicted octanol–water partition coefficient (Wildman–Crippen LogP) is 3.38. The summed E-state index contributed by atoms with van der Waals surface area (Å²) >= 11 is 1.17. The van der Waals surface area contributed by atoms with Gasteiger partial charge in [0.1, 0.15) is 11.5 Å². The average Bonchev–Trinajstić information content (AvgIpc) is 3.21. The van der Waals surface area contributed by atoms with E-state index in [-0.39, 0.29) is 11.7 Å². The van der Waals surface area contributed by atoms with E-state index in [4.69, 9.17) is 13.6 Å². The van der Waals surface area contributed by atoms with Crippen LogP contribution >= 0.6 is 11.8 Å². The van der Waals surface area contributed by atoms with Crippen LogP contribution in [0.1, 0.15) is 5.76 Å². The summed E-state index contributed by atoms with van der Waals surface area (Å²) in [5, 5.41) is 11.0. The summed E-state index contributed by atoms with van der Waals surface area (Å²) in [6, 6.07) is 8.90. The topological polar surface area (TPSA) is 90.4 Å². The fraction of sp³-hybridized carbons (Fsp3) is 0.188. The van der Waals surface area contributed by atoms with Gasteiger partial charge in [-0.25, -0.2) is 0 Å². The van der Waals surface area contributed by atoms with E-state index in [2.05, 4.69) is 15.5 Å². The van der Waals surface area contributed by atoms with Gasteiger partial charge in [-0.2, -0.15) is 0 Å². The van der Waals surface area contributed by atoms with E-state index >= 15 is 0 Å². The first-order valence-electron chi connectivity index (χ1n) is 7.10. The van der Waals surface area contributed by atoms with Crippen molar-refractivity contribution in [2.24, 2.45) is 0 Å². The van der Waals surface area contributed by atoms with Gasteiger partial charge in [0.25, 0.3) is 11.1 Å². The maximum Gasteiger partial charge on any atom is 0.277 e. The summed E-state index contributed by atoms with van der Waals surface area (Å²) in [7, 11) is 1.58. The number of aromatic nitrogens is 2. The maximum atomic E-state index is 12.0. The molecule has 0 fully saturated rings. The molecule has 0 spiro atoms. The zero-order valence-corrected chi connectivity index (χ0v) is 13.9. The van der Waals surface area contributed by atoms with Gasteiger partial charge in [0.05, 0.1) is 24.7 Å². The van der Waals surface area contributed by atoms with Crippen LogP contribution in [0.15, 0.2) is 50.7 Å². The quantitative estimate of drug-likeness (QED) is 0.685. The SMILES string of the molecule is COc1cccc(NC(=O)CSc2nnc(-c3ccoc3C)o2)c1. The van der Waals surface area contributed by atoms with Crippen LogP contribution in [0.5, 0.6) is 5.75 Å². The number of hydrogen-bond donors (Lipinski definition) is 1. The summed E-state index contributed by atoms with van der Waals surface area (Å²) < 4.78 is 15.8. The highest BCUT2D eigenvalue weighted by Gasteiger charge is 2.14. The van der Waals surface area contributed by atoms with Crippen molar-refractivity contribution in [3.8, 4) is 17.2 Å². The summed E-state index contributed by atoms with van der Waals surface area (Å²) in [4.78, 5) is 12.0. The highest BCUT2D eigenvalue weighted by Crippen LogP contribution is 2.26. The van der Waals surface area contributed by atoms with Crippen LogP contribution in [0, 0.1) is 6.92 Å². The first-order valence-corrected chi connectivity index (χ1v) is 8.09. The van der Waals surface area contributed by atoms with Gasteiger partial charge in [0, 0.05) is 11.8 Å². The maximum absolute atomic E-state index is 12.0. The van der Waals surface area contributed by atoms with Crippen molar-refractivity contribution in [2.45, 2.75) is 12.1 Å². The Hall–Kier alpha value is -2.74. The first-order chi connectivity index (χ1) is 11.7. The number of nitrogens with one attached hydrogen (secondary N) is 1. The second-order valence-electron chi connectivity index (χ2n) is 4.83. The highest BCUT2D eigenvalue weighted by atomic mass is 32.2. The lowest BCUT2D eigenvalue weighted by atomic mass is 10.3. The molecule has 0 aliphatic heterocycles. The second-order valence-corrected chi connectivity index (χ2v) is 5.76. The van der Waals surface area contributed by atoms with Gasteiger partial charge in [0.2, 0.25) is 5.91 Å². The van der Waals surface area contributed by atoms with Crippen molar-refractivity contribution in [3.05, 3.63) is 42.4 Å². The van der Waals surface area contributed by atoms with Gasteiger partial charge in [-0.15, -0.1) is 10.2 Å². The molecule has 8 heteroatoms. The lowest BCUT2D eigenvalue weighted by molar-refractivity contribution is -0.113. The molecule has 0 saturated carbocycles. The molecule has 1 N–H and O–H groups in total. The third kappa shape index (κ3) is 3.77. The van der Waals surface area contributed by atoms with E-state index < -0.39 is 0 Å². The number of thioether (sulfide) groups is 1. The Bertz CT molecular complexity index is 843. The summed E-state index contributed by atoms with van der Waals surface area (Å²) in [6.07, 6.45) is 1.56. The van der Waals surface area contributed by atoms with Crippen LogP contribution in [-0.4, -0.2) is 29.0 Å². The number of ether oxygens (including phenoxy) is 1. The van der Waals surface area contributed by atoms with E-state index in [9.17, 15) is 4.79 Å². The van der Waals surface area contributed by atoms with Crippen LogP contribution < -0.4 is 10.1 Å². The lowest BCUT2D eigenvalue weighted by Gasteiger charge is -2.05. The molecule has 0 bridgehead atoms. The summed E-state index contributed by atoms with van der Waals surface area (Å²) in [5.74, 6) is 1.73. The Morgan fingerprint density at radius 2 is 2.21 bits per heavy atom. The van der Waals surface area contributed by atoms with E-state index in [1.807, 2.05) is 13.0 Å². The van der Waals surface area contributed by atoms with Crippen LogP contribution in [0.25, 0.3) is 11.5 Å². The molecule has 0 aliphatic carbocycles. The lowest BCUT2D eigenvalue weighted by Crippen LogP contribution is -2.13. The minimum absolute atomic E-state index is 0.156. The number of benzene rings is 1. The summed E-state index contributed by atoms with van der Waals surface area (Å²) in [5.41, 5.74) is 1.41. The van der Waals surface area contributed by atoms with E-state index in [1.54, 1.807) is 37.6 Å². The minimum atomic E-state index is -0.174. The molecule has 124 valence electrons. The minimum Gasteiger partial charge on any atom is -0.497 e. The Morgan fingerprint density at radius 1 is 1.33 bits per heavy atom. The zero-order valence-electron chi connectivity index (χ0n) is 13.1. The Morgan fingerprint density at radius 3 is 2.96 bits per heavy atom. The Balaban J connectivity index is 1.57. The van der Waals surface area contributed by atoms with Crippen LogP contribution in [0.4, 0.5) is 5.69 Å². The molecule has 0 unspecified atom stereocenters. The Kier molecular flexibility index (Phi) is 4.85. The third-order valence-electron chi connectivity index (χ3n) is 3.18. The van der Waals surface area contributed by atoms with Gasteiger partial charge >= 0.3 is 0 Å². The fourth-order valence-corrected chi connectivity index (χ4v) is 2.57. The summed E-state index contributed by atoms with van der Waals surface area (Å²) in [6.45, 7) is 1.81. The number of nitrogens with zero attached hydrogens (tertiary/aromatic N) is 2. The van der Waals surface area contributed by atoms with Crippen molar-refractivity contribution in [1.29, 1.82) is 0 Å². The van der Waals surface area contributed by atoms with E-state index in [0.717, 1.165) is 5.56 Å². The van der Waals surface area contributed by atoms with Crippen LogP contribution in [0.2, 0.25) is 0 Å². The van der Waals surface area contributed by atoms with Gasteiger partial charge in [-0.05, 0) is 25.1 Å². The largest absolute Gasteiger partial charge is 0.497 e. The molecule has 3 aromatic rings. The van der Waals surface area contributed by atoms with Gasteiger partial charge in [0.15, 0.2) is 0 Å².